The van der Waals surface area contributed by atoms with E-state index in [1.165, 1.54) is 0 Å². The highest BCUT2D eigenvalue weighted by atomic mass is 16.5. The molecule has 0 bridgehead atoms. The summed E-state index contributed by atoms with van der Waals surface area (Å²) in [5, 5.41) is 8.86. The van der Waals surface area contributed by atoms with Crippen LogP contribution < -0.4 is 0 Å². The van der Waals surface area contributed by atoms with Gasteiger partial charge in [0.2, 0.25) is 0 Å². The van der Waals surface area contributed by atoms with Crippen LogP contribution in [0.3, 0.4) is 0 Å². The predicted octanol–water partition coefficient (Wildman–Crippen LogP) is 2.54. The maximum absolute atomic E-state index is 8.86. The van der Waals surface area contributed by atoms with Gasteiger partial charge in [-0.1, -0.05) is 25.7 Å². The lowest BCUT2D eigenvalue weighted by molar-refractivity contribution is 0.0653. The summed E-state index contributed by atoms with van der Waals surface area (Å²) >= 11 is 0. The Hall–Kier alpha value is -0.600. The first-order valence-corrected chi connectivity index (χ1v) is 4.94. The highest BCUT2D eigenvalue weighted by Crippen LogP contribution is 2.15. The molecule has 0 aromatic rings. The zero-order chi connectivity index (χ0) is 11.2. The van der Waals surface area contributed by atoms with E-state index in [1.54, 1.807) is 7.11 Å². The van der Waals surface area contributed by atoms with Gasteiger partial charge in [-0.15, -0.1) is 0 Å². The molecule has 0 amide bonds. The van der Waals surface area contributed by atoms with Crippen molar-refractivity contribution < 1.29 is 9.84 Å². The summed E-state index contributed by atoms with van der Waals surface area (Å²) in [6, 6.07) is 0. The molecule has 0 aliphatic heterocycles. The normalized spacial score (nSPS) is 14.6. The summed E-state index contributed by atoms with van der Waals surface area (Å²) in [4.78, 5) is 0. The minimum atomic E-state index is -0.208. The molecule has 0 saturated carbocycles. The second-order valence-corrected chi connectivity index (χ2v) is 4.16. The monoisotopic (exact) mass is 198 g/mol. The molecule has 0 radical (unpaired) electrons. The number of methoxy groups -OCH3 is 1. The third kappa shape index (κ3) is 5.20. The van der Waals surface area contributed by atoms with E-state index in [4.69, 9.17) is 9.84 Å². The molecule has 0 aromatic heterocycles. The van der Waals surface area contributed by atoms with Gasteiger partial charge in [0.05, 0.1) is 12.2 Å². The number of hydrogen-bond acceptors (Lipinski definition) is 2. The van der Waals surface area contributed by atoms with Crippen molar-refractivity contribution in [1.82, 2.24) is 0 Å². The minimum absolute atomic E-state index is 0.0721. The van der Waals surface area contributed by atoms with Crippen molar-refractivity contribution in [3.8, 4) is 0 Å². The number of aliphatic hydroxyl groups is 1. The molecule has 0 fully saturated rings. The number of hydrogen-bond donors (Lipinski definition) is 1. The highest BCUT2D eigenvalue weighted by Gasteiger charge is 2.11. The summed E-state index contributed by atoms with van der Waals surface area (Å²) in [5.41, 5.74) is 0.671. The highest BCUT2D eigenvalue weighted by molar-refractivity contribution is 5.04. The molecule has 1 atom stereocenters. The van der Waals surface area contributed by atoms with Crippen molar-refractivity contribution in [2.75, 3.05) is 13.7 Å². The standard InChI is InChI=1S/C12H22O2/c1-10(11(2)9-13)7-6-8-12(3,4)14-5/h6,8,10,13H,2,7,9H2,1,3-5H3/b8-6+/t10-/m0/s1. The topological polar surface area (TPSA) is 29.5 Å². The third-order valence-electron chi connectivity index (χ3n) is 2.43. The van der Waals surface area contributed by atoms with Crippen molar-refractivity contribution in [3.63, 3.8) is 0 Å². The van der Waals surface area contributed by atoms with Crippen LogP contribution >= 0.6 is 0 Å². The largest absolute Gasteiger partial charge is 0.392 e. The smallest absolute Gasteiger partial charge is 0.0802 e. The molecule has 0 heterocycles. The van der Waals surface area contributed by atoms with Gasteiger partial charge in [-0.3, -0.25) is 0 Å². The van der Waals surface area contributed by atoms with Gasteiger partial charge in [0.25, 0.3) is 0 Å². The van der Waals surface area contributed by atoms with Crippen LogP contribution in [-0.4, -0.2) is 24.4 Å². The van der Waals surface area contributed by atoms with Gasteiger partial charge in [-0.2, -0.15) is 0 Å². The Balaban J connectivity index is 3.99. The SMILES string of the molecule is C=C(CO)[C@@H](C)C/C=C/C(C)(C)OC. The average molecular weight is 198 g/mol. The maximum atomic E-state index is 8.86. The Morgan fingerprint density at radius 3 is 2.57 bits per heavy atom. The minimum Gasteiger partial charge on any atom is -0.392 e. The molecule has 82 valence electrons. The Bertz CT molecular complexity index is 204. The van der Waals surface area contributed by atoms with Crippen molar-refractivity contribution in [2.45, 2.75) is 32.8 Å². The zero-order valence-electron chi connectivity index (χ0n) is 9.71. The number of ether oxygens (including phenoxy) is 1. The van der Waals surface area contributed by atoms with Crippen LogP contribution in [0.4, 0.5) is 0 Å². The van der Waals surface area contributed by atoms with E-state index < -0.39 is 0 Å². The molecular weight excluding hydrogens is 176 g/mol. The molecule has 14 heavy (non-hydrogen) atoms. The van der Waals surface area contributed by atoms with E-state index in [-0.39, 0.29) is 12.2 Å². The van der Waals surface area contributed by atoms with Crippen molar-refractivity contribution in [1.29, 1.82) is 0 Å². The summed E-state index contributed by atoms with van der Waals surface area (Å²) in [7, 11) is 1.69. The fourth-order valence-electron chi connectivity index (χ4n) is 0.947. The third-order valence-corrected chi connectivity index (χ3v) is 2.43. The first kappa shape index (κ1) is 13.4. The quantitative estimate of drug-likeness (QED) is 0.665. The van der Waals surface area contributed by atoms with Crippen LogP contribution in [0.15, 0.2) is 24.3 Å². The lowest BCUT2D eigenvalue weighted by Crippen LogP contribution is -2.18. The fourth-order valence-corrected chi connectivity index (χ4v) is 0.947. The first-order valence-electron chi connectivity index (χ1n) is 4.94. The molecule has 0 aliphatic rings. The van der Waals surface area contributed by atoms with E-state index >= 15 is 0 Å². The van der Waals surface area contributed by atoms with Crippen molar-refractivity contribution in [2.24, 2.45) is 5.92 Å². The lowest BCUT2D eigenvalue weighted by Gasteiger charge is -2.18. The number of rotatable bonds is 6. The molecular formula is C12H22O2. The van der Waals surface area contributed by atoms with E-state index in [0.29, 0.717) is 5.92 Å². The van der Waals surface area contributed by atoms with Crippen LogP contribution in [0.5, 0.6) is 0 Å². The Morgan fingerprint density at radius 1 is 1.57 bits per heavy atom. The van der Waals surface area contributed by atoms with Gasteiger partial charge in [0.15, 0.2) is 0 Å². The van der Waals surface area contributed by atoms with Gasteiger partial charge in [0.1, 0.15) is 0 Å². The summed E-state index contributed by atoms with van der Waals surface area (Å²) in [6.07, 6.45) is 5.01. The lowest BCUT2D eigenvalue weighted by atomic mass is 9.98. The van der Waals surface area contributed by atoms with Gasteiger partial charge in [-0.05, 0) is 31.8 Å². The van der Waals surface area contributed by atoms with E-state index in [0.717, 1.165) is 12.0 Å². The van der Waals surface area contributed by atoms with Gasteiger partial charge in [0, 0.05) is 7.11 Å². The van der Waals surface area contributed by atoms with Crippen LogP contribution in [0.2, 0.25) is 0 Å². The van der Waals surface area contributed by atoms with Crippen LogP contribution in [0.1, 0.15) is 27.2 Å². The first-order chi connectivity index (χ1) is 6.43. The molecule has 2 nitrogen and oxygen atoms in total. The average Bonchev–Trinajstić information content (AvgIpc) is 2.16. The van der Waals surface area contributed by atoms with E-state index in [2.05, 4.69) is 19.6 Å². The van der Waals surface area contributed by atoms with Gasteiger partial charge in [-0.25, -0.2) is 0 Å². The van der Waals surface area contributed by atoms with Crippen molar-refractivity contribution in [3.05, 3.63) is 24.3 Å². The molecule has 0 spiro atoms. The number of allylic oxidation sites excluding steroid dienone is 1. The van der Waals surface area contributed by atoms with Crippen molar-refractivity contribution >= 4 is 0 Å². The maximum Gasteiger partial charge on any atom is 0.0802 e. The Kier molecular flexibility index (Phi) is 5.73. The van der Waals surface area contributed by atoms with Crippen LogP contribution in [0.25, 0.3) is 0 Å². The van der Waals surface area contributed by atoms with Crippen LogP contribution in [-0.2, 0) is 4.74 Å². The number of aliphatic hydroxyl groups excluding tert-OH is 1. The van der Waals surface area contributed by atoms with Gasteiger partial charge < -0.3 is 9.84 Å². The van der Waals surface area contributed by atoms with E-state index in [1.807, 2.05) is 19.9 Å². The van der Waals surface area contributed by atoms with E-state index in [9.17, 15) is 0 Å². The Labute approximate surface area is 87.3 Å². The molecule has 0 saturated heterocycles. The summed E-state index contributed by atoms with van der Waals surface area (Å²) < 4.78 is 5.25. The Morgan fingerprint density at radius 2 is 2.14 bits per heavy atom. The molecule has 0 unspecified atom stereocenters. The summed E-state index contributed by atoms with van der Waals surface area (Å²) in [6.45, 7) is 9.94. The second-order valence-electron chi connectivity index (χ2n) is 4.16. The predicted molar refractivity (Wildman–Crippen MR) is 60.2 cm³/mol. The zero-order valence-corrected chi connectivity index (χ0v) is 9.71. The molecule has 0 rings (SSSR count). The van der Waals surface area contributed by atoms with Gasteiger partial charge >= 0.3 is 0 Å². The molecule has 2 heteroatoms. The van der Waals surface area contributed by atoms with Crippen LogP contribution in [0, 0.1) is 5.92 Å². The summed E-state index contributed by atoms with van der Waals surface area (Å²) in [5.74, 6) is 0.323. The molecule has 1 N–H and O–H groups in total. The molecule has 0 aliphatic carbocycles. The second kappa shape index (κ2) is 5.99. The fraction of sp³-hybridized carbons (Fsp3) is 0.667. The molecule has 0 aromatic carbocycles.